The Kier molecular flexibility index (Phi) is 4.14. The molecule has 2 aromatic heterocycles. The quantitative estimate of drug-likeness (QED) is 0.739. The molecule has 0 bridgehead atoms. The lowest BCUT2D eigenvalue weighted by Gasteiger charge is -2.08. The zero-order valence-corrected chi connectivity index (χ0v) is 14.2. The molecule has 0 unspecified atom stereocenters. The third-order valence-corrected chi connectivity index (χ3v) is 4.60. The fourth-order valence-corrected chi connectivity index (χ4v) is 2.93. The van der Waals surface area contributed by atoms with Gasteiger partial charge in [-0.1, -0.05) is 19.1 Å². The molecule has 1 saturated carbocycles. The van der Waals surface area contributed by atoms with Crippen LogP contribution in [-0.2, 0) is 6.42 Å². The van der Waals surface area contributed by atoms with Crippen LogP contribution in [0.15, 0.2) is 36.5 Å². The number of hydrogen-bond donors (Lipinski definition) is 1. The number of rotatable bonds is 5. The van der Waals surface area contributed by atoms with Gasteiger partial charge in [0, 0.05) is 17.3 Å². The monoisotopic (exact) mass is 356 g/mol. The highest BCUT2D eigenvalue weighted by Gasteiger charge is 2.29. The minimum absolute atomic E-state index is 0.173. The van der Waals surface area contributed by atoms with E-state index in [0.717, 1.165) is 29.3 Å². The third kappa shape index (κ3) is 3.05. The lowest BCUT2D eigenvalue weighted by atomic mass is 10.1. The molecule has 0 spiro atoms. The number of carbonyl (C=O) groups is 1. The zero-order chi connectivity index (χ0) is 18.3. The van der Waals surface area contributed by atoms with Crippen LogP contribution in [0.2, 0.25) is 0 Å². The van der Waals surface area contributed by atoms with Crippen molar-refractivity contribution in [1.29, 1.82) is 0 Å². The van der Waals surface area contributed by atoms with Gasteiger partial charge >= 0.3 is 0 Å². The van der Waals surface area contributed by atoms with Gasteiger partial charge in [0.25, 0.3) is 12.3 Å². The first-order chi connectivity index (χ1) is 12.6. The third-order valence-electron chi connectivity index (χ3n) is 4.60. The van der Waals surface area contributed by atoms with E-state index in [-0.39, 0.29) is 22.8 Å². The van der Waals surface area contributed by atoms with Gasteiger partial charge in [-0.05, 0) is 43.0 Å². The highest BCUT2D eigenvalue weighted by molar-refractivity contribution is 6.08. The second-order valence-electron chi connectivity index (χ2n) is 6.48. The molecule has 0 radical (unpaired) electrons. The molecule has 5 nitrogen and oxygen atoms in total. The SMILES string of the molecule is CCc1ccc(NC(=O)c2cnn3c(C(F)F)cc(C4CC4)nc23)cc1. The number of aromatic nitrogens is 3. The molecule has 0 aliphatic heterocycles. The van der Waals surface area contributed by atoms with E-state index in [4.69, 9.17) is 0 Å². The second-order valence-corrected chi connectivity index (χ2v) is 6.48. The summed E-state index contributed by atoms with van der Waals surface area (Å²) in [4.78, 5) is 17.1. The van der Waals surface area contributed by atoms with Gasteiger partial charge in [-0.3, -0.25) is 4.79 Å². The molecule has 1 aliphatic carbocycles. The van der Waals surface area contributed by atoms with Crippen LogP contribution in [0.3, 0.4) is 0 Å². The van der Waals surface area contributed by atoms with Gasteiger partial charge in [-0.15, -0.1) is 0 Å². The van der Waals surface area contributed by atoms with Crippen LogP contribution in [0.4, 0.5) is 14.5 Å². The van der Waals surface area contributed by atoms with E-state index in [1.54, 1.807) is 0 Å². The van der Waals surface area contributed by atoms with Crippen molar-refractivity contribution in [3.8, 4) is 0 Å². The van der Waals surface area contributed by atoms with Gasteiger partial charge in [-0.2, -0.15) is 5.10 Å². The maximum absolute atomic E-state index is 13.4. The standard InChI is InChI=1S/C19H18F2N4O/c1-2-11-3-7-13(8-4-11)23-19(26)14-10-22-25-16(17(20)21)9-15(12-5-6-12)24-18(14)25/h3-4,7-10,12,17H,2,5-6H2,1H3,(H,23,26). The number of anilines is 1. The van der Waals surface area contributed by atoms with E-state index in [9.17, 15) is 13.6 Å². The van der Waals surface area contributed by atoms with Gasteiger partial charge in [0.1, 0.15) is 11.3 Å². The Morgan fingerprint density at radius 3 is 2.65 bits per heavy atom. The first-order valence-corrected chi connectivity index (χ1v) is 8.64. The fraction of sp³-hybridized carbons (Fsp3) is 0.316. The van der Waals surface area contributed by atoms with Crippen LogP contribution < -0.4 is 5.32 Å². The topological polar surface area (TPSA) is 59.3 Å². The molecule has 1 N–H and O–H groups in total. The number of alkyl halides is 2. The largest absolute Gasteiger partial charge is 0.322 e. The van der Waals surface area contributed by atoms with Crippen molar-refractivity contribution in [3.63, 3.8) is 0 Å². The van der Waals surface area contributed by atoms with Crippen LogP contribution in [0.25, 0.3) is 5.65 Å². The van der Waals surface area contributed by atoms with Gasteiger partial charge < -0.3 is 5.32 Å². The number of fused-ring (bicyclic) bond motifs is 1. The molecule has 1 aliphatic rings. The number of nitrogens with zero attached hydrogens (tertiary/aromatic N) is 3. The lowest BCUT2D eigenvalue weighted by molar-refractivity contribution is 0.102. The molecule has 26 heavy (non-hydrogen) atoms. The molecule has 0 atom stereocenters. The average Bonchev–Trinajstić information content (AvgIpc) is 3.40. The van der Waals surface area contributed by atoms with Crippen LogP contribution in [0.5, 0.6) is 0 Å². The van der Waals surface area contributed by atoms with Crippen molar-refractivity contribution in [2.24, 2.45) is 0 Å². The summed E-state index contributed by atoms with van der Waals surface area (Å²) < 4.78 is 27.9. The van der Waals surface area contributed by atoms with Crippen LogP contribution in [0, 0.1) is 0 Å². The lowest BCUT2D eigenvalue weighted by Crippen LogP contribution is -2.13. The smallest absolute Gasteiger partial charge is 0.280 e. The minimum atomic E-state index is -2.68. The van der Waals surface area contributed by atoms with Gasteiger partial charge in [-0.25, -0.2) is 18.3 Å². The predicted octanol–water partition coefficient (Wildman–Crippen LogP) is 4.36. The van der Waals surface area contributed by atoms with E-state index in [2.05, 4.69) is 22.3 Å². The molecule has 1 aromatic carbocycles. The van der Waals surface area contributed by atoms with Crippen molar-refractivity contribution in [1.82, 2.24) is 14.6 Å². The van der Waals surface area contributed by atoms with Crippen LogP contribution in [0.1, 0.15) is 59.4 Å². The first-order valence-electron chi connectivity index (χ1n) is 8.64. The molecule has 0 saturated heterocycles. The molecule has 134 valence electrons. The average molecular weight is 356 g/mol. The molecule has 1 amide bonds. The maximum atomic E-state index is 13.4. The van der Waals surface area contributed by atoms with Gasteiger partial charge in [0.2, 0.25) is 0 Å². The van der Waals surface area contributed by atoms with Crippen molar-refractivity contribution in [3.05, 3.63) is 59.0 Å². The fourth-order valence-electron chi connectivity index (χ4n) is 2.93. The summed E-state index contributed by atoms with van der Waals surface area (Å²) in [7, 11) is 0. The van der Waals surface area contributed by atoms with E-state index in [1.807, 2.05) is 24.3 Å². The maximum Gasteiger partial charge on any atom is 0.280 e. The van der Waals surface area contributed by atoms with Crippen molar-refractivity contribution in [2.75, 3.05) is 5.32 Å². The molecule has 1 fully saturated rings. The van der Waals surface area contributed by atoms with Gasteiger partial charge in [0.05, 0.1) is 6.20 Å². The summed E-state index contributed by atoms with van der Waals surface area (Å²) in [6.45, 7) is 2.05. The Hall–Kier alpha value is -2.83. The van der Waals surface area contributed by atoms with E-state index >= 15 is 0 Å². The number of halogens is 2. The van der Waals surface area contributed by atoms with Crippen molar-refractivity contribution >= 4 is 17.2 Å². The van der Waals surface area contributed by atoms with E-state index in [1.165, 1.54) is 12.3 Å². The summed E-state index contributed by atoms with van der Waals surface area (Å²) in [5.74, 6) is -0.213. The van der Waals surface area contributed by atoms with Gasteiger partial charge in [0.15, 0.2) is 5.65 Å². The molecular formula is C19H18F2N4O. The number of carbonyl (C=O) groups excluding carboxylic acids is 1. The molecule has 2 heterocycles. The van der Waals surface area contributed by atoms with Crippen molar-refractivity contribution < 1.29 is 13.6 Å². The Balaban J connectivity index is 1.70. The molecule has 7 heteroatoms. The summed E-state index contributed by atoms with van der Waals surface area (Å²) in [5.41, 5.74) is 2.54. The van der Waals surface area contributed by atoms with E-state index in [0.29, 0.717) is 11.4 Å². The summed E-state index contributed by atoms with van der Waals surface area (Å²) in [5, 5.41) is 6.75. The minimum Gasteiger partial charge on any atom is -0.322 e. The van der Waals surface area contributed by atoms with Crippen LogP contribution in [-0.4, -0.2) is 20.5 Å². The number of hydrogen-bond acceptors (Lipinski definition) is 3. The number of benzene rings is 1. The Bertz CT molecular complexity index is 962. The number of aryl methyl sites for hydroxylation is 1. The predicted molar refractivity (Wildman–Crippen MR) is 93.7 cm³/mol. The molecule has 3 aromatic rings. The second kappa shape index (κ2) is 6.48. The Morgan fingerprint density at radius 2 is 2.04 bits per heavy atom. The number of amides is 1. The Morgan fingerprint density at radius 1 is 1.31 bits per heavy atom. The molecule has 4 rings (SSSR count). The highest BCUT2D eigenvalue weighted by atomic mass is 19.3. The zero-order valence-electron chi connectivity index (χ0n) is 14.2. The summed E-state index contributed by atoms with van der Waals surface area (Å²) >= 11 is 0. The molecular weight excluding hydrogens is 338 g/mol. The normalized spacial score (nSPS) is 14.2. The number of nitrogens with one attached hydrogen (secondary N) is 1. The van der Waals surface area contributed by atoms with Crippen molar-refractivity contribution in [2.45, 2.75) is 38.5 Å². The van der Waals surface area contributed by atoms with E-state index < -0.39 is 12.3 Å². The summed E-state index contributed by atoms with van der Waals surface area (Å²) in [6.07, 6.45) is 1.39. The van der Waals surface area contributed by atoms with Crippen LogP contribution >= 0.6 is 0 Å². The summed E-state index contributed by atoms with van der Waals surface area (Å²) in [6, 6.07) is 8.90. The Labute approximate surface area is 149 Å². The first kappa shape index (κ1) is 16.6. The highest BCUT2D eigenvalue weighted by Crippen LogP contribution is 2.40.